The third-order valence-corrected chi connectivity index (χ3v) is 7.56. The van der Waals surface area contributed by atoms with E-state index in [1.807, 2.05) is 84.3 Å². The van der Waals surface area contributed by atoms with Crippen LogP contribution in [0.4, 0.5) is 0 Å². The van der Waals surface area contributed by atoms with E-state index in [0.717, 1.165) is 22.0 Å². The van der Waals surface area contributed by atoms with Crippen LogP contribution in [-0.4, -0.2) is 54.7 Å². The number of methoxy groups -OCH3 is 3. The Kier molecular flexibility index (Phi) is 7.19. The second-order valence-corrected chi connectivity index (χ2v) is 9.83. The van der Waals surface area contributed by atoms with Gasteiger partial charge in [0, 0.05) is 35.6 Å². The first-order valence-corrected chi connectivity index (χ1v) is 12.9. The molecule has 0 fully saturated rings. The highest BCUT2D eigenvalue weighted by Crippen LogP contribution is 2.33. The van der Waals surface area contributed by atoms with Gasteiger partial charge in [-0.15, -0.1) is 0 Å². The Morgan fingerprint density at radius 2 is 1.64 bits per heavy atom. The van der Waals surface area contributed by atoms with Crippen LogP contribution in [0.15, 0.2) is 72.8 Å². The third kappa shape index (κ3) is 4.78. The fraction of sp³-hybridized carbons (Fsp3) is 0.290. The summed E-state index contributed by atoms with van der Waals surface area (Å²) in [7, 11) is 4.82. The fourth-order valence-corrected chi connectivity index (χ4v) is 5.36. The number of amides is 2. The highest BCUT2D eigenvalue weighted by molar-refractivity contribution is 6.03. The third-order valence-electron chi connectivity index (χ3n) is 7.56. The number of ether oxygens (including phenoxy) is 3. The molecule has 5 rings (SSSR count). The molecule has 0 saturated heterocycles. The van der Waals surface area contributed by atoms with E-state index in [1.165, 1.54) is 0 Å². The Balaban J connectivity index is 1.48. The lowest BCUT2D eigenvalue weighted by Gasteiger charge is -2.44. The van der Waals surface area contributed by atoms with Gasteiger partial charge in [0.25, 0.3) is 5.91 Å². The van der Waals surface area contributed by atoms with Crippen LogP contribution in [0.25, 0.3) is 10.9 Å². The van der Waals surface area contributed by atoms with Crippen LogP contribution in [0.2, 0.25) is 0 Å². The summed E-state index contributed by atoms with van der Waals surface area (Å²) in [6.45, 7) is 2.79. The minimum absolute atomic E-state index is 0.181. The summed E-state index contributed by atoms with van der Waals surface area (Å²) < 4.78 is 18.3. The topological polar surface area (TPSA) is 82.0 Å². The van der Waals surface area contributed by atoms with Gasteiger partial charge in [0.2, 0.25) is 5.91 Å². The van der Waals surface area contributed by atoms with Gasteiger partial charge in [-0.1, -0.05) is 42.5 Å². The Bertz CT molecular complexity index is 1530. The molecule has 1 N–H and O–H groups in total. The van der Waals surface area contributed by atoms with Crippen LogP contribution in [0.3, 0.4) is 0 Å². The zero-order valence-corrected chi connectivity index (χ0v) is 22.7. The molecule has 0 unspecified atom stereocenters. The van der Waals surface area contributed by atoms with Gasteiger partial charge in [-0.2, -0.15) is 0 Å². The molecule has 8 nitrogen and oxygen atoms in total. The number of hydrogen-bond acceptors (Lipinski definition) is 5. The van der Waals surface area contributed by atoms with E-state index < -0.39 is 5.54 Å². The van der Waals surface area contributed by atoms with Gasteiger partial charge in [-0.3, -0.25) is 9.59 Å². The Morgan fingerprint density at radius 1 is 0.897 bits per heavy atom. The number of aromatic nitrogens is 1. The lowest BCUT2D eigenvalue weighted by Crippen LogP contribution is -2.64. The van der Waals surface area contributed by atoms with Crippen molar-refractivity contribution in [3.8, 4) is 17.2 Å². The van der Waals surface area contributed by atoms with E-state index in [4.69, 9.17) is 14.2 Å². The summed E-state index contributed by atoms with van der Waals surface area (Å²) in [5, 5.41) is 4.04. The molecule has 1 aliphatic heterocycles. The van der Waals surface area contributed by atoms with Crippen molar-refractivity contribution in [3.63, 3.8) is 0 Å². The van der Waals surface area contributed by atoms with Gasteiger partial charge >= 0.3 is 0 Å². The average Bonchev–Trinajstić information content (AvgIpc) is 3.34. The lowest BCUT2D eigenvalue weighted by molar-refractivity contribution is -0.133. The molecule has 0 bridgehead atoms. The van der Waals surface area contributed by atoms with E-state index in [1.54, 1.807) is 26.2 Å². The number of carbonyl (C=O) groups excluding carboxylic acids is 2. The first-order chi connectivity index (χ1) is 18.9. The van der Waals surface area contributed by atoms with Crippen molar-refractivity contribution in [2.24, 2.45) is 0 Å². The molecule has 0 aliphatic carbocycles. The fourth-order valence-electron chi connectivity index (χ4n) is 5.36. The molecule has 0 saturated carbocycles. The maximum atomic E-state index is 14.0. The first kappa shape index (κ1) is 26.2. The summed E-state index contributed by atoms with van der Waals surface area (Å²) in [6.07, 6.45) is 0.508. The summed E-state index contributed by atoms with van der Waals surface area (Å²) in [5.41, 5.74) is 2.16. The van der Waals surface area contributed by atoms with Crippen LogP contribution in [0, 0.1) is 0 Å². The number of carbonyl (C=O) groups is 2. The molecule has 2 amide bonds. The molecule has 4 aromatic rings. The van der Waals surface area contributed by atoms with Crippen LogP contribution >= 0.6 is 0 Å². The summed E-state index contributed by atoms with van der Waals surface area (Å²) in [6, 6.07) is 23.0. The summed E-state index contributed by atoms with van der Waals surface area (Å²) in [4.78, 5) is 29.6. The molecule has 39 heavy (non-hydrogen) atoms. The number of fused-ring (bicyclic) bond motifs is 3. The smallest absolute Gasteiger partial charge is 0.271 e. The summed E-state index contributed by atoms with van der Waals surface area (Å²) >= 11 is 0. The van der Waals surface area contributed by atoms with E-state index in [-0.39, 0.29) is 18.4 Å². The number of hydrogen-bond donors (Lipinski definition) is 1. The molecule has 1 aromatic heterocycles. The largest absolute Gasteiger partial charge is 0.497 e. The quantitative estimate of drug-likeness (QED) is 0.348. The molecule has 0 spiro atoms. The maximum Gasteiger partial charge on any atom is 0.271 e. The second kappa shape index (κ2) is 10.7. The van der Waals surface area contributed by atoms with E-state index in [2.05, 4.69) is 5.32 Å². The molecule has 1 atom stereocenters. The minimum Gasteiger partial charge on any atom is -0.497 e. The van der Waals surface area contributed by atoms with Crippen LogP contribution in [-0.2, 0) is 24.3 Å². The molecule has 8 heteroatoms. The predicted molar refractivity (Wildman–Crippen MR) is 149 cm³/mol. The zero-order valence-electron chi connectivity index (χ0n) is 22.7. The second-order valence-electron chi connectivity index (χ2n) is 9.83. The van der Waals surface area contributed by atoms with Crippen molar-refractivity contribution in [2.75, 3.05) is 27.9 Å². The van der Waals surface area contributed by atoms with Crippen LogP contribution in [0.1, 0.15) is 28.5 Å². The standard InChI is InChI=1S/C31H33N3O5/c1-31(30(36)32-19-23-10-6-8-12-27(23)38-3)20-33-25-11-7-5-9-22(25)17-26(33)29(35)34(31)16-15-21-13-14-24(37-2)18-28(21)39-4/h5-14,17-18H,15-16,19-20H2,1-4H3,(H,32,36)/t31-/m0/s1. The van der Waals surface area contributed by atoms with Crippen LogP contribution < -0.4 is 19.5 Å². The van der Waals surface area contributed by atoms with Gasteiger partial charge in [0.15, 0.2) is 0 Å². The zero-order chi connectivity index (χ0) is 27.6. The lowest BCUT2D eigenvalue weighted by atomic mass is 9.93. The number of para-hydroxylation sites is 2. The Labute approximate surface area is 228 Å². The highest BCUT2D eigenvalue weighted by atomic mass is 16.5. The van der Waals surface area contributed by atoms with Crippen molar-refractivity contribution in [1.82, 2.24) is 14.8 Å². The molecule has 3 aromatic carbocycles. The predicted octanol–water partition coefficient (Wildman–Crippen LogP) is 4.44. The van der Waals surface area contributed by atoms with E-state index in [9.17, 15) is 9.59 Å². The van der Waals surface area contributed by atoms with Gasteiger partial charge in [-0.25, -0.2) is 0 Å². The number of nitrogens with one attached hydrogen (secondary N) is 1. The minimum atomic E-state index is -1.13. The van der Waals surface area contributed by atoms with E-state index >= 15 is 0 Å². The monoisotopic (exact) mass is 527 g/mol. The molecule has 202 valence electrons. The Morgan fingerprint density at radius 3 is 2.41 bits per heavy atom. The molecule has 1 aliphatic rings. The highest BCUT2D eigenvalue weighted by Gasteiger charge is 2.47. The molecular weight excluding hydrogens is 494 g/mol. The van der Waals surface area contributed by atoms with Gasteiger partial charge in [0.1, 0.15) is 28.5 Å². The van der Waals surface area contributed by atoms with Gasteiger partial charge in [0.05, 0.1) is 27.9 Å². The van der Waals surface area contributed by atoms with E-state index in [0.29, 0.717) is 42.5 Å². The summed E-state index contributed by atoms with van der Waals surface area (Å²) in [5.74, 6) is 1.65. The SMILES string of the molecule is COc1ccc(CCN2C(=O)c3cc4ccccc4n3C[C@@]2(C)C(=O)NCc2ccccc2OC)c(OC)c1. The van der Waals surface area contributed by atoms with Crippen molar-refractivity contribution < 1.29 is 23.8 Å². The van der Waals surface area contributed by atoms with Crippen molar-refractivity contribution in [2.45, 2.75) is 32.0 Å². The maximum absolute atomic E-state index is 14.0. The number of nitrogens with zero attached hydrogens (tertiary/aromatic N) is 2. The first-order valence-electron chi connectivity index (χ1n) is 12.9. The molecule has 0 radical (unpaired) electrons. The van der Waals surface area contributed by atoms with Crippen molar-refractivity contribution in [3.05, 3.63) is 89.6 Å². The number of benzene rings is 3. The Hall–Kier alpha value is -4.46. The molecular formula is C31H33N3O5. The van der Waals surface area contributed by atoms with Crippen LogP contribution in [0.5, 0.6) is 17.2 Å². The van der Waals surface area contributed by atoms with Gasteiger partial charge in [-0.05, 0) is 43.2 Å². The number of rotatable bonds is 9. The van der Waals surface area contributed by atoms with Gasteiger partial charge < -0.3 is 29.0 Å². The van der Waals surface area contributed by atoms with Crippen molar-refractivity contribution >= 4 is 22.7 Å². The normalized spacial score (nSPS) is 16.6. The molecule has 2 heterocycles. The average molecular weight is 528 g/mol. The van der Waals surface area contributed by atoms with Crippen molar-refractivity contribution in [1.29, 1.82) is 0 Å².